The second-order valence-corrected chi connectivity index (χ2v) is 7.87. The second-order valence-electron chi connectivity index (χ2n) is 6.81. The average molecular weight is 400 g/mol. The van der Waals surface area contributed by atoms with E-state index in [9.17, 15) is 9.59 Å². The number of hydrogen-bond donors (Lipinski definition) is 0. The molecule has 0 aliphatic rings. The van der Waals surface area contributed by atoms with Gasteiger partial charge in [-0.25, -0.2) is 9.78 Å². The Balaban J connectivity index is 1.64. The first-order valence-electron chi connectivity index (χ1n) is 9.28. The van der Waals surface area contributed by atoms with Crippen LogP contribution in [0.1, 0.15) is 46.6 Å². The van der Waals surface area contributed by atoms with Crippen LogP contribution in [0.5, 0.6) is 0 Å². The lowest BCUT2D eigenvalue weighted by atomic mass is 10.2. The van der Waals surface area contributed by atoms with Gasteiger partial charge < -0.3 is 14.2 Å². The zero-order valence-corrected chi connectivity index (χ0v) is 17.7. The van der Waals surface area contributed by atoms with Crippen molar-refractivity contribution in [3.05, 3.63) is 52.3 Å². The molecule has 3 rings (SSSR count). The van der Waals surface area contributed by atoms with Gasteiger partial charge in [-0.05, 0) is 45.9 Å². The Labute approximate surface area is 168 Å². The minimum atomic E-state index is -0.470. The lowest BCUT2D eigenvalue weighted by molar-refractivity contribution is -0.135. The summed E-state index contributed by atoms with van der Waals surface area (Å²) in [6, 6.07) is 9.49. The lowest BCUT2D eigenvalue weighted by Crippen LogP contribution is -2.33. The first kappa shape index (κ1) is 20.1. The molecular weight excluding hydrogens is 374 g/mol. The van der Waals surface area contributed by atoms with Crippen LogP contribution in [0.2, 0.25) is 0 Å². The van der Waals surface area contributed by atoms with Crippen molar-refractivity contribution in [1.82, 2.24) is 14.5 Å². The number of fused-ring (bicyclic) bond motifs is 1. The predicted octanol–water partition coefficient (Wildman–Crippen LogP) is 4.11. The van der Waals surface area contributed by atoms with Gasteiger partial charge in [0.1, 0.15) is 5.01 Å². The zero-order chi connectivity index (χ0) is 20.4. The number of likely N-dealkylation sites (N-methyl/N-ethyl adjacent to an activating group) is 1. The third-order valence-corrected chi connectivity index (χ3v) is 6.29. The van der Waals surface area contributed by atoms with Crippen molar-refractivity contribution in [2.45, 2.75) is 40.3 Å². The molecule has 2 heterocycles. The highest BCUT2D eigenvalue weighted by Crippen LogP contribution is 2.28. The van der Waals surface area contributed by atoms with Crippen LogP contribution < -0.4 is 0 Å². The molecule has 0 fully saturated rings. The number of thiazole rings is 1. The second kappa shape index (κ2) is 8.14. The number of aromatic nitrogens is 2. The highest BCUT2D eigenvalue weighted by molar-refractivity contribution is 7.18. The van der Waals surface area contributed by atoms with Crippen molar-refractivity contribution in [2.24, 2.45) is 0 Å². The van der Waals surface area contributed by atoms with Crippen LogP contribution in [0.3, 0.4) is 0 Å². The molecule has 2 aromatic heterocycles. The quantitative estimate of drug-likeness (QED) is 0.585. The summed E-state index contributed by atoms with van der Waals surface area (Å²) in [5.41, 5.74) is 3.29. The van der Waals surface area contributed by atoms with E-state index in [1.165, 1.54) is 0 Å². The summed E-state index contributed by atoms with van der Waals surface area (Å²) in [7, 11) is 1.70. The molecule has 0 N–H and O–H groups in total. The normalized spacial score (nSPS) is 12.2. The monoisotopic (exact) mass is 399 g/mol. The molecule has 0 unspecified atom stereocenters. The molecule has 0 aliphatic carbocycles. The summed E-state index contributed by atoms with van der Waals surface area (Å²) in [5.74, 6) is -0.730. The van der Waals surface area contributed by atoms with Gasteiger partial charge in [0.05, 0.1) is 21.8 Å². The van der Waals surface area contributed by atoms with E-state index < -0.39 is 5.97 Å². The van der Waals surface area contributed by atoms with Crippen LogP contribution in [-0.4, -0.2) is 40.0 Å². The fourth-order valence-electron chi connectivity index (χ4n) is 3.25. The van der Waals surface area contributed by atoms with Crippen LogP contribution in [-0.2, 0) is 16.1 Å². The Kier molecular flexibility index (Phi) is 5.84. The average Bonchev–Trinajstić information content (AvgIpc) is 3.25. The van der Waals surface area contributed by atoms with Crippen molar-refractivity contribution in [3.63, 3.8) is 0 Å². The third-order valence-electron chi connectivity index (χ3n) is 5.08. The van der Waals surface area contributed by atoms with Crippen molar-refractivity contribution in [3.8, 4) is 0 Å². The van der Waals surface area contributed by atoms with Gasteiger partial charge in [-0.1, -0.05) is 12.1 Å². The summed E-state index contributed by atoms with van der Waals surface area (Å²) >= 11 is 1.57. The van der Waals surface area contributed by atoms with Crippen LogP contribution >= 0.6 is 11.3 Å². The van der Waals surface area contributed by atoms with E-state index in [1.54, 1.807) is 29.4 Å². The molecule has 6 nitrogen and oxygen atoms in total. The van der Waals surface area contributed by atoms with Gasteiger partial charge in [0.25, 0.3) is 5.91 Å². The van der Waals surface area contributed by atoms with E-state index in [4.69, 9.17) is 4.74 Å². The van der Waals surface area contributed by atoms with Crippen molar-refractivity contribution >= 4 is 33.4 Å². The van der Waals surface area contributed by atoms with Gasteiger partial charge in [-0.2, -0.15) is 0 Å². The maximum absolute atomic E-state index is 12.5. The Morgan fingerprint density at radius 3 is 2.64 bits per heavy atom. The van der Waals surface area contributed by atoms with Crippen LogP contribution in [0.15, 0.2) is 30.3 Å². The van der Waals surface area contributed by atoms with Gasteiger partial charge in [-0.15, -0.1) is 11.3 Å². The topological polar surface area (TPSA) is 64.4 Å². The fourth-order valence-corrected chi connectivity index (χ4v) is 4.31. The number of carbonyl (C=O) groups is 2. The van der Waals surface area contributed by atoms with Gasteiger partial charge in [0.15, 0.2) is 6.61 Å². The van der Waals surface area contributed by atoms with E-state index in [0.717, 1.165) is 33.2 Å². The van der Waals surface area contributed by atoms with Crippen LogP contribution in [0.4, 0.5) is 0 Å². The number of nitrogens with zero attached hydrogens (tertiary/aromatic N) is 3. The smallest absolute Gasteiger partial charge is 0.340 e. The molecule has 0 aliphatic heterocycles. The van der Waals surface area contributed by atoms with Gasteiger partial charge >= 0.3 is 5.97 Å². The molecule has 0 saturated heterocycles. The molecule has 0 radical (unpaired) electrons. The summed E-state index contributed by atoms with van der Waals surface area (Å²) in [6.07, 6.45) is 0. The maximum atomic E-state index is 12.5. The number of esters is 1. The molecule has 0 bridgehead atoms. The molecule has 1 atom stereocenters. The predicted molar refractivity (Wildman–Crippen MR) is 111 cm³/mol. The largest absolute Gasteiger partial charge is 0.452 e. The maximum Gasteiger partial charge on any atom is 0.340 e. The molecule has 3 aromatic rings. The highest BCUT2D eigenvalue weighted by Gasteiger charge is 2.23. The highest BCUT2D eigenvalue weighted by atomic mass is 32.1. The molecule has 1 amide bonds. The van der Waals surface area contributed by atoms with Crippen molar-refractivity contribution in [2.75, 3.05) is 13.7 Å². The molecular formula is C21H25N3O3S. The number of benzene rings is 1. The lowest BCUT2D eigenvalue weighted by Gasteiger charge is -2.23. The summed E-state index contributed by atoms with van der Waals surface area (Å²) in [6.45, 7) is 8.28. The minimum absolute atomic E-state index is 0.200. The number of rotatable bonds is 6. The number of aryl methyl sites for hydroxylation is 1. The number of amides is 1. The Bertz CT molecular complexity index is 988. The molecule has 7 heteroatoms. The Morgan fingerprint density at radius 2 is 2.00 bits per heavy atom. The number of para-hydroxylation sites is 1. The molecule has 0 spiro atoms. The SMILES string of the molecule is CCn1c(C)cc(C(=O)OCC(=O)N(C)[C@@H](C)c2nc3ccccc3s2)c1C. The van der Waals surface area contributed by atoms with E-state index in [2.05, 4.69) is 4.98 Å². The van der Waals surface area contributed by atoms with Crippen LogP contribution in [0.25, 0.3) is 10.2 Å². The van der Waals surface area contributed by atoms with Crippen molar-refractivity contribution < 1.29 is 14.3 Å². The van der Waals surface area contributed by atoms with Gasteiger partial charge in [-0.3, -0.25) is 4.79 Å². The molecule has 148 valence electrons. The summed E-state index contributed by atoms with van der Waals surface area (Å²) in [4.78, 5) is 31.1. The first-order valence-corrected chi connectivity index (χ1v) is 10.1. The number of carbonyl (C=O) groups excluding carboxylic acids is 2. The number of hydrogen-bond acceptors (Lipinski definition) is 5. The minimum Gasteiger partial charge on any atom is -0.452 e. The standard InChI is InChI=1S/C21H25N3O3S/c1-6-24-13(2)11-16(14(24)3)21(26)27-12-19(25)23(5)15(4)20-22-17-9-7-8-10-18(17)28-20/h7-11,15H,6,12H2,1-5H3/t15-/m0/s1. The van der Waals surface area contributed by atoms with E-state index in [1.807, 2.05) is 56.5 Å². The fraction of sp³-hybridized carbons (Fsp3) is 0.381. The summed E-state index contributed by atoms with van der Waals surface area (Å²) < 4.78 is 8.42. The molecule has 28 heavy (non-hydrogen) atoms. The first-order chi connectivity index (χ1) is 13.3. The Hall–Kier alpha value is -2.67. The van der Waals surface area contributed by atoms with Crippen molar-refractivity contribution in [1.29, 1.82) is 0 Å². The van der Waals surface area contributed by atoms with E-state index >= 15 is 0 Å². The summed E-state index contributed by atoms with van der Waals surface area (Å²) in [5, 5.41) is 0.856. The zero-order valence-electron chi connectivity index (χ0n) is 16.9. The molecule has 0 saturated carbocycles. The third kappa shape index (κ3) is 3.80. The Morgan fingerprint density at radius 1 is 1.29 bits per heavy atom. The van der Waals surface area contributed by atoms with Gasteiger partial charge in [0, 0.05) is 25.0 Å². The van der Waals surface area contributed by atoms with Gasteiger partial charge in [0.2, 0.25) is 0 Å². The van der Waals surface area contributed by atoms with Crippen LogP contribution in [0, 0.1) is 13.8 Å². The van der Waals surface area contributed by atoms with E-state index in [0.29, 0.717) is 5.56 Å². The number of ether oxygens (including phenoxy) is 1. The molecule has 1 aromatic carbocycles. The van der Waals surface area contributed by atoms with E-state index in [-0.39, 0.29) is 18.6 Å².